The number of hydrogen-bond donors (Lipinski definition) is 1. The maximum absolute atomic E-state index is 12.7. The summed E-state index contributed by atoms with van der Waals surface area (Å²) in [5, 5.41) is 3.17. The number of hydrogen-bond acceptors (Lipinski definition) is 4. The molecule has 2 aromatic carbocycles. The highest BCUT2D eigenvalue weighted by Crippen LogP contribution is 2.31. The molecule has 0 fully saturated rings. The van der Waals surface area contributed by atoms with Gasteiger partial charge in [-0.25, -0.2) is 0 Å². The lowest BCUT2D eigenvalue weighted by Crippen LogP contribution is -2.45. The van der Waals surface area contributed by atoms with E-state index in [9.17, 15) is 14.4 Å². The van der Waals surface area contributed by atoms with E-state index < -0.39 is 17.4 Å². The quantitative estimate of drug-likeness (QED) is 0.809. The Kier molecular flexibility index (Phi) is 4.70. The third-order valence-corrected chi connectivity index (χ3v) is 4.46. The van der Waals surface area contributed by atoms with Crippen molar-refractivity contribution in [2.24, 2.45) is 0 Å². The highest BCUT2D eigenvalue weighted by atomic mass is 35.5. The molecule has 3 amide bonds. The summed E-state index contributed by atoms with van der Waals surface area (Å²) in [7, 11) is 1.49. The Morgan fingerprint density at radius 2 is 1.70 bits per heavy atom. The highest BCUT2D eigenvalue weighted by Gasteiger charge is 2.42. The van der Waals surface area contributed by atoms with Crippen LogP contribution in [0.3, 0.4) is 0 Å². The molecular weight excluding hydrogens is 368 g/mol. The molecule has 0 aliphatic carbocycles. The molecule has 0 aromatic heterocycles. The number of fused-ring (bicyclic) bond motifs is 1. The Morgan fingerprint density at radius 3 is 2.33 bits per heavy atom. The van der Waals surface area contributed by atoms with Gasteiger partial charge in [-0.2, -0.15) is 0 Å². The number of carbonyl (C=O) groups excluding carboxylic acids is 3. The predicted molar refractivity (Wildman–Crippen MR) is 103 cm³/mol. The predicted octanol–water partition coefficient (Wildman–Crippen LogP) is 4.00. The Balaban J connectivity index is 1.92. The first-order valence-corrected chi connectivity index (χ1v) is 8.69. The number of nitrogens with one attached hydrogen (secondary N) is 1. The van der Waals surface area contributed by atoms with Crippen molar-refractivity contribution in [2.45, 2.75) is 26.3 Å². The summed E-state index contributed by atoms with van der Waals surface area (Å²) in [5.41, 5.74) is 0.540. The fourth-order valence-corrected chi connectivity index (χ4v) is 3.14. The largest absolute Gasteiger partial charge is 0.495 e. The third-order valence-electron chi connectivity index (χ3n) is 4.23. The number of imide groups is 1. The fraction of sp³-hybridized carbons (Fsp3) is 0.250. The van der Waals surface area contributed by atoms with Crippen molar-refractivity contribution in [3.8, 4) is 5.75 Å². The summed E-state index contributed by atoms with van der Waals surface area (Å²) >= 11 is 5.98. The topological polar surface area (TPSA) is 75.7 Å². The van der Waals surface area contributed by atoms with Crippen LogP contribution in [-0.4, -0.2) is 35.3 Å². The van der Waals surface area contributed by atoms with Crippen LogP contribution in [0.25, 0.3) is 0 Å². The zero-order valence-electron chi connectivity index (χ0n) is 15.4. The van der Waals surface area contributed by atoms with Crippen LogP contribution in [-0.2, 0) is 0 Å². The Labute approximate surface area is 162 Å². The number of ether oxygens (including phenoxy) is 1. The lowest BCUT2D eigenvalue weighted by Gasteiger charge is -2.29. The fourth-order valence-electron chi connectivity index (χ4n) is 2.96. The average molecular weight is 387 g/mol. The van der Waals surface area contributed by atoms with Crippen molar-refractivity contribution in [2.75, 3.05) is 12.4 Å². The Hall–Kier alpha value is -2.86. The molecule has 0 radical (unpaired) electrons. The first-order chi connectivity index (χ1) is 12.6. The van der Waals surface area contributed by atoms with Crippen LogP contribution in [0.5, 0.6) is 5.75 Å². The van der Waals surface area contributed by atoms with Crippen LogP contribution in [0.4, 0.5) is 5.69 Å². The van der Waals surface area contributed by atoms with Crippen molar-refractivity contribution in [1.29, 1.82) is 0 Å². The molecule has 140 valence electrons. The Bertz CT molecular complexity index is 963. The minimum Gasteiger partial charge on any atom is -0.495 e. The number of methoxy groups -OCH3 is 1. The van der Waals surface area contributed by atoms with Crippen LogP contribution in [0.2, 0.25) is 5.02 Å². The lowest BCUT2D eigenvalue weighted by atomic mass is 10.1. The summed E-state index contributed by atoms with van der Waals surface area (Å²) in [4.78, 5) is 39.0. The second-order valence-electron chi connectivity index (χ2n) is 7.18. The molecule has 1 heterocycles. The molecule has 3 rings (SSSR count). The number of carbonyl (C=O) groups is 3. The molecule has 0 saturated heterocycles. The number of anilines is 1. The summed E-state index contributed by atoms with van der Waals surface area (Å²) in [6.45, 7) is 5.36. The SMILES string of the molecule is COc1ccc(Cl)cc1NC(=O)c1ccc2c(c1)C(=O)N(C(C)(C)C)C2=O. The zero-order valence-corrected chi connectivity index (χ0v) is 16.2. The maximum atomic E-state index is 12.7. The minimum atomic E-state index is -0.649. The molecule has 0 bridgehead atoms. The summed E-state index contributed by atoms with van der Waals surface area (Å²) < 4.78 is 5.21. The van der Waals surface area contributed by atoms with E-state index in [4.69, 9.17) is 16.3 Å². The molecule has 0 saturated carbocycles. The Morgan fingerprint density at radius 1 is 1.04 bits per heavy atom. The summed E-state index contributed by atoms with van der Waals surface area (Å²) in [6.07, 6.45) is 0. The van der Waals surface area contributed by atoms with Gasteiger partial charge in [0.25, 0.3) is 17.7 Å². The molecule has 1 N–H and O–H groups in total. The molecule has 27 heavy (non-hydrogen) atoms. The van der Waals surface area contributed by atoms with Crippen LogP contribution in [0.1, 0.15) is 51.8 Å². The van der Waals surface area contributed by atoms with Gasteiger partial charge in [0.15, 0.2) is 0 Å². The molecule has 1 aliphatic rings. The van der Waals surface area contributed by atoms with Gasteiger partial charge >= 0.3 is 0 Å². The normalized spacial score (nSPS) is 13.6. The second kappa shape index (κ2) is 6.70. The van der Waals surface area contributed by atoms with Gasteiger partial charge in [-0.05, 0) is 57.2 Å². The zero-order chi connectivity index (χ0) is 19.9. The van der Waals surface area contributed by atoms with Gasteiger partial charge in [-0.1, -0.05) is 11.6 Å². The van der Waals surface area contributed by atoms with Crippen LogP contribution in [0.15, 0.2) is 36.4 Å². The molecule has 0 unspecified atom stereocenters. The van der Waals surface area contributed by atoms with E-state index in [-0.39, 0.29) is 17.0 Å². The first-order valence-electron chi connectivity index (χ1n) is 8.31. The van der Waals surface area contributed by atoms with Gasteiger partial charge in [0.1, 0.15) is 5.75 Å². The molecule has 6 nitrogen and oxygen atoms in total. The first kappa shape index (κ1) is 18.9. The molecule has 0 atom stereocenters. The van der Waals surface area contributed by atoms with Gasteiger partial charge in [-0.15, -0.1) is 0 Å². The molecule has 1 aliphatic heterocycles. The lowest BCUT2D eigenvalue weighted by molar-refractivity contribution is 0.0507. The van der Waals surface area contributed by atoms with Crippen molar-refractivity contribution >= 4 is 35.0 Å². The number of rotatable bonds is 3. The molecular formula is C20H19ClN2O4. The average Bonchev–Trinajstić information content (AvgIpc) is 2.85. The van der Waals surface area contributed by atoms with Gasteiger partial charge in [0.05, 0.1) is 23.9 Å². The van der Waals surface area contributed by atoms with Crippen LogP contribution >= 0.6 is 11.6 Å². The third kappa shape index (κ3) is 3.40. The van der Waals surface area contributed by atoms with Crippen molar-refractivity contribution in [3.05, 3.63) is 58.1 Å². The minimum absolute atomic E-state index is 0.223. The van der Waals surface area contributed by atoms with Gasteiger partial charge in [-0.3, -0.25) is 19.3 Å². The number of nitrogens with zero attached hydrogens (tertiary/aromatic N) is 1. The van der Waals surface area contributed by atoms with E-state index in [2.05, 4.69) is 5.32 Å². The van der Waals surface area contributed by atoms with Gasteiger partial charge < -0.3 is 10.1 Å². The number of halogens is 1. The number of amides is 3. The number of benzene rings is 2. The highest BCUT2D eigenvalue weighted by molar-refractivity contribution is 6.31. The molecule has 7 heteroatoms. The smallest absolute Gasteiger partial charge is 0.262 e. The van der Waals surface area contributed by atoms with Crippen molar-refractivity contribution in [3.63, 3.8) is 0 Å². The van der Waals surface area contributed by atoms with Crippen LogP contribution in [0, 0.1) is 0 Å². The standard InChI is InChI=1S/C20H19ClN2O4/c1-20(2,3)23-18(25)13-7-5-11(9-14(13)19(23)26)17(24)22-15-10-12(21)6-8-16(15)27-4/h5-10H,1-4H3,(H,22,24). The van der Waals surface area contributed by atoms with E-state index in [0.717, 1.165) is 0 Å². The maximum Gasteiger partial charge on any atom is 0.262 e. The van der Waals surface area contributed by atoms with Gasteiger partial charge in [0.2, 0.25) is 0 Å². The van der Waals surface area contributed by atoms with E-state index in [1.165, 1.54) is 30.2 Å². The van der Waals surface area contributed by atoms with E-state index in [1.807, 2.05) is 0 Å². The molecule has 0 spiro atoms. The summed E-state index contributed by atoms with van der Waals surface area (Å²) in [6, 6.07) is 9.32. The van der Waals surface area contributed by atoms with E-state index in [1.54, 1.807) is 39.0 Å². The summed E-state index contributed by atoms with van der Waals surface area (Å²) in [5.74, 6) is -0.740. The van der Waals surface area contributed by atoms with Gasteiger partial charge in [0, 0.05) is 16.1 Å². The van der Waals surface area contributed by atoms with Crippen molar-refractivity contribution < 1.29 is 19.1 Å². The van der Waals surface area contributed by atoms with Crippen LogP contribution < -0.4 is 10.1 Å². The van der Waals surface area contributed by atoms with E-state index >= 15 is 0 Å². The second-order valence-corrected chi connectivity index (χ2v) is 7.61. The molecule has 2 aromatic rings. The monoisotopic (exact) mass is 386 g/mol. The van der Waals surface area contributed by atoms with E-state index in [0.29, 0.717) is 22.0 Å². The van der Waals surface area contributed by atoms with Crippen molar-refractivity contribution in [1.82, 2.24) is 4.90 Å².